The van der Waals surface area contributed by atoms with E-state index in [0.717, 1.165) is 17.7 Å². The second kappa shape index (κ2) is 6.73. The van der Waals surface area contributed by atoms with Gasteiger partial charge in [-0.25, -0.2) is 0 Å². The highest BCUT2D eigenvalue weighted by molar-refractivity contribution is 6.31. The summed E-state index contributed by atoms with van der Waals surface area (Å²) in [7, 11) is 3.63. The molecule has 2 aromatic rings. The van der Waals surface area contributed by atoms with Crippen LogP contribution in [0.1, 0.15) is 22.7 Å². The molecule has 1 unspecified atom stereocenters. The summed E-state index contributed by atoms with van der Waals surface area (Å²) < 4.78 is 5.44. The van der Waals surface area contributed by atoms with Gasteiger partial charge in [-0.3, -0.25) is 4.98 Å². The quantitative estimate of drug-likeness (QED) is 0.914. The summed E-state index contributed by atoms with van der Waals surface area (Å²) in [6.07, 6.45) is 4.25. The van der Waals surface area contributed by atoms with Gasteiger partial charge in [0.1, 0.15) is 5.75 Å². The number of aromatic nitrogens is 1. The van der Waals surface area contributed by atoms with E-state index < -0.39 is 0 Å². The molecule has 0 aliphatic heterocycles. The lowest BCUT2D eigenvalue weighted by atomic mass is 9.98. The molecule has 1 heterocycles. The van der Waals surface area contributed by atoms with Crippen LogP contribution in [0.25, 0.3) is 0 Å². The van der Waals surface area contributed by atoms with E-state index in [-0.39, 0.29) is 6.04 Å². The highest BCUT2D eigenvalue weighted by Gasteiger charge is 2.16. The van der Waals surface area contributed by atoms with Crippen LogP contribution in [0.2, 0.25) is 5.02 Å². The fourth-order valence-corrected chi connectivity index (χ4v) is 2.57. The van der Waals surface area contributed by atoms with E-state index in [1.807, 2.05) is 19.2 Å². The molecule has 0 radical (unpaired) electrons. The van der Waals surface area contributed by atoms with E-state index in [4.69, 9.17) is 16.3 Å². The van der Waals surface area contributed by atoms with Crippen LogP contribution in [0.15, 0.2) is 36.7 Å². The van der Waals surface area contributed by atoms with Crippen LogP contribution in [0.5, 0.6) is 5.75 Å². The molecule has 1 N–H and O–H groups in total. The number of halogens is 1. The summed E-state index contributed by atoms with van der Waals surface area (Å²) in [5.41, 5.74) is 3.43. The van der Waals surface area contributed by atoms with Crippen molar-refractivity contribution < 1.29 is 4.74 Å². The normalized spacial score (nSPS) is 12.2. The summed E-state index contributed by atoms with van der Waals surface area (Å²) in [6, 6.07) is 8.28. The monoisotopic (exact) mass is 290 g/mol. The maximum absolute atomic E-state index is 6.24. The summed E-state index contributed by atoms with van der Waals surface area (Å²) in [6.45, 7) is 2.08. The van der Waals surface area contributed by atoms with E-state index in [9.17, 15) is 0 Å². The molecule has 1 atom stereocenters. The van der Waals surface area contributed by atoms with E-state index >= 15 is 0 Å². The maximum atomic E-state index is 6.24. The van der Waals surface area contributed by atoms with Crippen molar-refractivity contribution in [3.8, 4) is 5.75 Å². The Kier molecular flexibility index (Phi) is 4.99. The van der Waals surface area contributed by atoms with Crippen molar-refractivity contribution in [2.75, 3.05) is 14.2 Å². The number of benzene rings is 1. The fraction of sp³-hybridized carbons (Fsp3) is 0.312. The van der Waals surface area contributed by atoms with Crippen molar-refractivity contribution in [2.45, 2.75) is 19.4 Å². The molecule has 0 saturated carbocycles. The zero-order valence-corrected chi connectivity index (χ0v) is 12.7. The minimum absolute atomic E-state index is 0.126. The molecule has 0 aliphatic carbocycles. The number of aryl methyl sites for hydroxylation is 1. The van der Waals surface area contributed by atoms with E-state index in [2.05, 4.69) is 29.4 Å². The van der Waals surface area contributed by atoms with Crippen molar-refractivity contribution >= 4 is 11.6 Å². The van der Waals surface area contributed by atoms with Crippen LogP contribution in [-0.4, -0.2) is 19.1 Å². The van der Waals surface area contributed by atoms with Crippen molar-refractivity contribution in [3.05, 3.63) is 58.4 Å². The molecule has 3 nitrogen and oxygen atoms in total. The second-order valence-electron chi connectivity index (χ2n) is 4.76. The van der Waals surface area contributed by atoms with Gasteiger partial charge >= 0.3 is 0 Å². The molecule has 4 heteroatoms. The Bertz CT molecular complexity index is 586. The molecule has 0 spiro atoms. The van der Waals surface area contributed by atoms with E-state index in [1.54, 1.807) is 19.5 Å². The molecular formula is C16H19ClN2O. The van der Waals surface area contributed by atoms with Crippen LogP contribution in [0, 0.1) is 6.92 Å². The Labute approximate surface area is 124 Å². The summed E-state index contributed by atoms with van der Waals surface area (Å²) in [5, 5.41) is 3.99. The van der Waals surface area contributed by atoms with Crippen molar-refractivity contribution in [1.29, 1.82) is 0 Å². The third-order valence-electron chi connectivity index (χ3n) is 3.39. The third kappa shape index (κ3) is 3.30. The van der Waals surface area contributed by atoms with Gasteiger partial charge in [0.05, 0.1) is 12.1 Å². The Morgan fingerprint density at radius 1 is 1.35 bits per heavy atom. The Hall–Kier alpha value is -1.58. The minimum Gasteiger partial charge on any atom is -0.496 e. The highest BCUT2D eigenvalue weighted by Crippen LogP contribution is 2.28. The largest absolute Gasteiger partial charge is 0.496 e. The van der Waals surface area contributed by atoms with E-state index in [1.165, 1.54) is 11.1 Å². The molecule has 0 saturated heterocycles. The van der Waals surface area contributed by atoms with Gasteiger partial charge in [-0.2, -0.15) is 0 Å². The first kappa shape index (κ1) is 14.8. The molecule has 0 bridgehead atoms. The second-order valence-corrected chi connectivity index (χ2v) is 5.17. The third-order valence-corrected chi connectivity index (χ3v) is 3.70. The molecule has 0 aliphatic rings. The minimum atomic E-state index is 0.126. The van der Waals surface area contributed by atoms with Crippen molar-refractivity contribution in [1.82, 2.24) is 10.3 Å². The number of nitrogens with one attached hydrogen (secondary N) is 1. The van der Waals surface area contributed by atoms with Crippen LogP contribution in [-0.2, 0) is 6.42 Å². The predicted molar refractivity (Wildman–Crippen MR) is 82.5 cm³/mol. The first-order chi connectivity index (χ1) is 9.65. The zero-order chi connectivity index (χ0) is 14.5. The van der Waals surface area contributed by atoms with Gasteiger partial charge in [0, 0.05) is 18.4 Å². The smallest absolute Gasteiger partial charge is 0.122 e. The van der Waals surface area contributed by atoms with Gasteiger partial charge in [-0.15, -0.1) is 0 Å². The summed E-state index contributed by atoms with van der Waals surface area (Å²) >= 11 is 6.24. The number of hydrogen-bond acceptors (Lipinski definition) is 3. The van der Waals surface area contributed by atoms with Gasteiger partial charge in [0.2, 0.25) is 0 Å². The Balaban J connectivity index is 2.31. The number of hydrogen-bond donors (Lipinski definition) is 1. The van der Waals surface area contributed by atoms with Crippen LogP contribution < -0.4 is 10.1 Å². The number of likely N-dealkylation sites (N-methyl/N-ethyl adjacent to an activating group) is 1. The molecule has 0 amide bonds. The van der Waals surface area contributed by atoms with Gasteiger partial charge < -0.3 is 10.1 Å². The predicted octanol–water partition coefficient (Wildman–Crippen LogP) is 3.56. The first-order valence-electron chi connectivity index (χ1n) is 6.56. The van der Waals surface area contributed by atoms with Gasteiger partial charge in [0.15, 0.2) is 0 Å². The standard InChI is InChI=1S/C16H19ClN2O/c1-11-4-5-16(20-3)12(8-11)9-15(18-2)13-6-7-19-10-14(13)17/h4-8,10,15,18H,9H2,1-3H3. The SMILES string of the molecule is CNC(Cc1cc(C)ccc1OC)c1ccncc1Cl. The topological polar surface area (TPSA) is 34.1 Å². The molecule has 1 aromatic heterocycles. The van der Waals surface area contributed by atoms with Crippen LogP contribution in [0.4, 0.5) is 0 Å². The number of ether oxygens (including phenoxy) is 1. The Morgan fingerprint density at radius 3 is 2.80 bits per heavy atom. The fourth-order valence-electron chi connectivity index (χ4n) is 2.32. The number of nitrogens with zero attached hydrogens (tertiary/aromatic N) is 1. The van der Waals surface area contributed by atoms with Gasteiger partial charge in [-0.05, 0) is 43.7 Å². The van der Waals surface area contributed by atoms with Crippen molar-refractivity contribution in [3.63, 3.8) is 0 Å². The highest BCUT2D eigenvalue weighted by atomic mass is 35.5. The molecule has 0 fully saturated rings. The van der Waals surface area contributed by atoms with E-state index in [0.29, 0.717) is 5.02 Å². The molecule has 2 rings (SSSR count). The van der Waals surface area contributed by atoms with Crippen LogP contribution >= 0.6 is 11.6 Å². The summed E-state index contributed by atoms with van der Waals surface area (Å²) in [5.74, 6) is 0.904. The average molecular weight is 291 g/mol. The molecule has 106 valence electrons. The van der Waals surface area contributed by atoms with Crippen LogP contribution in [0.3, 0.4) is 0 Å². The lowest BCUT2D eigenvalue weighted by molar-refractivity contribution is 0.406. The number of rotatable bonds is 5. The zero-order valence-electron chi connectivity index (χ0n) is 12.0. The lowest BCUT2D eigenvalue weighted by Crippen LogP contribution is -2.19. The van der Waals surface area contributed by atoms with Crippen molar-refractivity contribution in [2.24, 2.45) is 0 Å². The molecule has 20 heavy (non-hydrogen) atoms. The first-order valence-corrected chi connectivity index (χ1v) is 6.93. The van der Waals surface area contributed by atoms with Gasteiger partial charge in [-0.1, -0.05) is 29.3 Å². The molecular weight excluding hydrogens is 272 g/mol. The maximum Gasteiger partial charge on any atom is 0.122 e. The number of methoxy groups -OCH3 is 1. The van der Waals surface area contributed by atoms with Gasteiger partial charge in [0.25, 0.3) is 0 Å². The number of pyridine rings is 1. The Morgan fingerprint density at radius 2 is 2.15 bits per heavy atom. The molecule has 1 aromatic carbocycles. The lowest BCUT2D eigenvalue weighted by Gasteiger charge is -2.19. The average Bonchev–Trinajstić information content (AvgIpc) is 2.46. The summed E-state index contributed by atoms with van der Waals surface area (Å²) in [4.78, 5) is 4.03.